The van der Waals surface area contributed by atoms with Crippen LogP contribution in [0.1, 0.15) is 23.0 Å². The van der Waals surface area contributed by atoms with E-state index in [1.165, 1.54) is 9.13 Å². The van der Waals surface area contributed by atoms with Crippen molar-refractivity contribution in [2.24, 2.45) is 0 Å². The van der Waals surface area contributed by atoms with Gasteiger partial charge in [-0.25, -0.2) is 0 Å². The molecule has 1 unspecified atom stereocenters. The second-order valence-electron chi connectivity index (χ2n) is 4.38. The monoisotopic (exact) mass is 352 g/mol. The van der Waals surface area contributed by atoms with E-state index in [4.69, 9.17) is 0 Å². The highest BCUT2D eigenvalue weighted by molar-refractivity contribution is 14.1. The lowest BCUT2D eigenvalue weighted by Gasteiger charge is -2.16. The largest absolute Gasteiger partial charge is 0.311 e. The van der Waals surface area contributed by atoms with E-state index in [0.717, 1.165) is 17.8 Å². The van der Waals surface area contributed by atoms with E-state index in [0.29, 0.717) is 0 Å². The van der Waals surface area contributed by atoms with Gasteiger partial charge < -0.3 is 5.32 Å². The Balaban J connectivity index is 2.17. The Hall–Kier alpha value is -0.940. The number of hydrogen-bond acceptors (Lipinski definition) is 2. The number of aryl methyl sites for hydroxylation is 1. The SMILES string of the molecule is CNC(Cc1ccc(I)cc1)c1cccc(C)n1. The molecule has 2 aromatic rings. The first-order valence-corrected chi connectivity index (χ1v) is 7.12. The Morgan fingerprint density at radius 1 is 1.17 bits per heavy atom. The molecule has 3 heteroatoms. The van der Waals surface area contributed by atoms with Crippen molar-refractivity contribution in [1.29, 1.82) is 0 Å². The standard InChI is InChI=1S/C15H17IN2/c1-11-4-3-5-14(18-11)15(17-2)10-12-6-8-13(16)9-7-12/h3-9,15,17H,10H2,1-2H3. The van der Waals surface area contributed by atoms with E-state index in [2.05, 4.69) is 69.3 Å². The molecule has 18 heavy (non-hydrogen) atoms. The van der Waals surface area contributed by atoms with Crippen molar-refractivity contribution in [3.63, 3.8) is 0 Å². The van der Waals surface area contributed by atoms with Crippen LogP contribution in [-0.4, -0.2) is 12.0 Å². The summed E-state index contributed by atoms with van der Waals surface area (Å²) in [7, 11) is 1.99. The summed E-state index contributed by atoms with van der Waals surface area (Å²) in [4.78, 5) is 4.59. The number of pyridine rings is 1. The number of halogens is 1. The van der Waals surface area contributed by atoms with Crippen molar-refractivity contribution in [2.45, 2.75) is 19.4 Å². The molecular weight excluding hydrogens is 335 g/mol. The van der Waals surface area contributed by atoms with Crippen LogP contribution in [0.5, 0.6) is 0 Å². The maximum atomic E-state index is 4.59. The smallest absolute Gasteiger partial charge is 0.0579 e. The average Bonchev–Trinajstić information content (AvgIpc) is 2.38. The molecule has 0 aliphatic rings. The molecule has 1 heterocycles. The number of benzene rings is 1. The maximum Gasteiger partial charge on any atom is 0.0579 e. The van der Waals surface area contributed by atoms with Crippen molar-refractivity contribution in [1.82, 2.24) is 10.3 Å². The second-order valence-corrected chi connectivity index (χ2v) is 5.62. The second kappa shape index (κ2) is 6.29. The highest BCUT2D eigenvalue weighted by atomic mass is 127. The molecule has 1 aromatic carbocycles. The fraction of sp³-hybridized carbons (Fsp3) is 0.267. The Bertz CT molecular complexity index is 508. The van der Waals surface area contributed by atoms with Gasteiger partial charge in [-0.1, -0.05) is 18.2 Å². The quantitative estimate of drug-likeness (QED) is 0.852. The summed E-state index contributed by atoms with van der Waals surface area (Å²) in [5.74, 6) is 0. The Labute approximate surface area is 122 Å². The molecule has 0 spiro atoms. The molecule has 94 valence electrons. The third kappa shape index (κ3) is 3.53. The molecule has 0 bridgehead atoms. The van der Waals surface area contributed by atoms with E-state index >= 15 is 0 Å². The van der Waals surface area contributed by atoms with Crippen LogP contribution in [0, 0.1) is 10.5 Å². The van der Waals surface area contributed by atoms with Crippen LogP contribution < -0.4 is 5.32 Å². The van der Waals surface area contributed by atoms with Gasteiger partial charge in [0.1, 0.15) is 0 Å². The minimum Gasteiger partial charge on any atom is -0.311 e. The van der Waals surface area contributed by atoms with Crippen LogP contribution in [0.25, 0.3) is 0 Å². The zero-order chi connectivity index (χ0) is 13.0. The molecule has 0 saturated heterocycles. The number of nitrogens with one attached hydrogen (secondary N) is 1. The van der Waals surface area contributed by atoms with Crippen LogP contribution in [-0.2, 0) is 6.42 Å². The summed E-state index contributed by atoms with van der Waals surface area (Å²) >= 11 is 2.33. The molecule has 0 aliphatic carbocycles. The van der Waals surface area contributed by atoms with Gasteiger partial charge in [-0.2, -0.15) is 0 Å². The van der Waals surface area contributed by atoms with E-state index < -0.39 is 0 Å². The minimum absolute atomic E-state index is 0.268. The summed E-state index contributed by atoms with van der Waals surface area (Å²) in [5, 5.41) is 3.34. The number of nitrogens with zero attached hydrogens (tertiary/aromatic N) is 1. The average molecular weight is 352 g/mol. The molecule has 2 nitrogen and oxygen atoms in total. The van der Waals surface area contributed by atoms with Gasteiger partial charge in [0, 0.05) is 9.26 Å². The van der Waals surface area contributed by atoms with E-state index in [1.807, 2.05) is 20.0 Å². The van der Waals surface area contributed by atoms with Crippen LogP contribution in [0.2, 0.25) is 0 Å². The number of likely N-dealkylation sites (N-methyl/N-ethyl adjacent to an activating group) is 1. The van der Waals surface area contributed by atoms with Gasteiger partial charge in [-0.3, -0.25) is 4.98 Å². The van der Waals surface area contributed by atoms with Gasteiger partial charge in [0.05, 0.1) is 11.7 Å². The summed E-state index contributed by atoms with van der Waals surface area (Å²) in [6, 6.07) is 15.1. The van der Waals surface area contributed by atoms with Crippen molar-refractivity contribution in [3.05, 3.63) is 63.0 Å². The molecule has 0 saturated carbocycles. The molecule has 0 radical (unpaired) electrons. The highest BCUT2D eigenvalue weighted by Crippen LogP contribution is 2.17. The van der Waals surface area contributed by atoms with Crippen LogP contribution in [0.3, 0.4) is 0 Å². The van der Waals surface area contributed by atoms with Crippen molar-refractivity contribution in [3.8, 4) is 0 Å². The van der Waals surface area contributed by atoms with Gasteiger partial charge >= 0.3 is 0 Å². The first-order chi connectivity index (χ1) is 8.69. The summed E-state index contributed by atoms with van der Waals surface area (Å²) in [6.45, 7) is 2.03. The highest BCUT2D eigenvalue weighted by Gasteiger charge is 2.11. The molecule has 0 aliphatic heterocycles. The van der Waals surface area contributed by atoms with Gasteiger partial charge in [0.15, 0.2) is 0 Å². The molecular formula is C15H17IN2. The fourth-order valence-corrected chi connectivity index (χ4v) is 2.33. The zero-order valence-electron chi connectivity index (χ0n) is 10.7. The zero-order valence-corrected chi connectivity index (χ0v) is 12.8. The Morgan fingerprint density at radius 3 is 2.50 bits per heavy atom. The lowest BCUT2D eigenvalue weighted by molar-refractivity contribution is 0.574. The number of rotatable bonds is 4. The van der Waals surface area contributed by atoms with Crippen molar-refractivity contribution in [2.75, 3.05) is 7.05 Å². The third-order valence-corrected chi connectivity index (χ3v) is 3.69. The fourth-order valence-electron chi connectivity index (χ4n) is 1.97. The van der Waals surface area contributed by atoms with Gasteiger partial charge in [-0.05, 0) is 72.8 Å². The number of aromatic nitrogens is 1. The van der Waals surface area contributed by atoms with Crippen LogP contribution in [0.4, 0.5) is 0 Å². The summed E-state index contributed by atoms with van der Waals surface area (Å²) < 4.78 is 1.27. The maximum absolute atomic E-state index is 4.59. The van der Waals surface area contributed by atoms with Gasteiger partial charge in [0.2, 0.25) is 0 Å². The topological polar surface area (TPSA) is 24.9 Å². The predicted octanol–water partition coefficient (Wildman–Crippen LogP) is 3.50. The number of hydrogen-bond donors (Lipinski definition) is 1. The van der Waals surface area contributed by atoms with Gasteiger partial charge in [0.25, 0.3) is 0 Å². The first kappa shape index (κ1) is 13.5. The molecule has 1 atom stereocenters. The lowest BCUT2D eigenvalue weighted by atomic mass is 10.0. The molecule has 2 rings (SSSR count). The van der Waals surface area contributed by atoms with Crippen molar-refractivity contribution >= 4 is 22.6 Å². The molecule has 0 fully saturated rings. The molecule has 1 aromatic heterocycles. The predicted molar refractivity (Wildman–Crippen MR) is 83.6 cm³/mol. The van der Waals surface area contributed by atoms with E-state index in [1.54, 1.807) is 0 Å². The lowest BCUT2D eigenvalue weighted by Crippen LogP contribution is -2.20. The normalized spacial score (nSPS) is 12.4. The van der Waals surface area contributed by atoms with Crippen molar-refractivity contribution < 1.29 is 0 Å². The third-order valence-electron chi connectivity index (χ3n) is 2.97. The van der Waals surface area contributed by atoms with Gasteiger partial charge in [-0.15, -0.1) is 0 Å². The Kier molecular flexibility index (Phi) is 4.72. The van der Waals surface area contributed by atoms with Crippen LogP contribution in [0.15, 0.2) is 42.5 Å². The minimum atomic E-state index is 0.268. The van der Waals surface area contributed by atoms with Crippen LogP contribution >= 0.6 is 22.6 Å². The molecule has 0 amide bonds. The Morgan fingerprint density at radius 2 is 1.89 bits per heavy atom. The molecule has 1 N–H and O–H groups in total. The van der Waals surface area contributed by atoms with E-state index in [-0.39, 0.29) is 6.04 Å². The first-order valence-electron chi connectivity index (χ1n) is 6.04. The summed E-state index contributed by atoms with van der Waals surface area (Å²) in [5.41, 5.74) is 3.50. The van der Waals surface area contributed by atoms with E-state index in [9.17, 15) is 0 Å². The summed E-state index contributed by atoms with van der Waals surface area (Å²) in [6.07, 6.45) is 0.962.